The van der Waals surface area contributed by atoms with Crippen LogP contribution in [0.3, 0.4) is 0 Å². The lowest BCUT2D eigenvalue weighted by molar-refractivity contribution is 0.381. The molecule has 0 saturated heterocycles. The number of pyridine rings is 1. The van der Waals surface area contributed by atoms with Crippen molar-refractivity contribution in [3.8, 4) is 5.69 Å². The maximum absolute atomic E-state index is 6.32. The lowest BCUT2D eigenvalue weighted by atomic mass is 9.78. The van der Waals surface area contributed by atoms with Gasteiger partial charge in [-0.3, -0.25) is 4.57 Å². The van der Waals surface area contributed by atoms with Crippen LogP contribution in [0.2, 0.25) is 10.2 Å². The molecule has 2 aromatic heterocycles. The fourth-order valence-electron chi connectivity index (χ4n) is 4.56. The maximum atomic E-state index is 6.32. The second-order valence-electron chi connectivity index (χ2n) is 7.62. The van der Waals surface area contributed by atoms with Gasteiger partial charge in [0.15, 0.2) is 5.82 Å². The van der Waals surface area contributed by atoms with E-state index in [2.05, 4.69) is 37.2 Å². The zero-order valence-corrected chi connectivity index (χ0v) is 16.9. The smallest absolute Gasteiger partial charge is 0.151 e. The number of halogens is 2. The highest BCUT2D eigenvalue weighted by atomic mass is 35.5. The largest absolute Gasteiger partial charge is 0.306 e. The minimum Gasteiger partial charge on any atom is -0.306 e. The molecule has 0 bridgehead atoms. The first-order valence-corrected chi connectivity index (χ1v) is 10.5. The van der Waals surface area contributed by atoms with Crippen LogP contribution in [0.15, 0.2) is 36.5 Å². The Hall–Kier alpha value is -1.95. The van der Waals surface area contributed by atoms with Crippen molar-refractivity contribution in [2.75, 3.05) is 0 Å². The zero-order chi connectivity index (χ0) is 19.1. The summed E-state index contributed by atoms with van der Waals surface area (Å²) >= 11 is 12.5. The normalized spacial score (nSPS) is 21.6. The van der Waals surface area contributed by atoms with Crippen molar-refractivity contribution in [2.24, 2.45) is 0 Å². The van der Waals surface area contributed by atoms with Crippen molar-refractivity contribution in [3.05, 3.63) is 69.5 Å². The van der Waals surface area contributed by atoms with Crippen LogP contribution in [0.4, 0.5) is 0 Å². The Morgan fingerprint density at radius 3 is 2.61 bits per heavy atom. The summed E-state index contributed by atoms with van der Waals surface area (Å²) in [5.41, 5.74) is 3.50. The molecule has 0 unspecified atom stereocenters. The van der Waals surface area contributed by atoms with Crippen LogP contribution in [0.25, 0.3) is 5.69 Å². The predicted molar refractivity (Wildman–Crippen MR) is 110 cm³/mol. The van der Waals surface area contributed by atoms with Gasteiger partial charge in [0.25, 0.3) is 0 Å². The molecule has 3 heterocycles. The number of rotatable bonds is 2. The van der Waals surface area contributed by atoms with Crippen molar-refractivity contribution in [1.29, 1.82) is 0 Å². The summed E-state index contributed by atoms with van der Waals surface area (Å²) in [7, 11) is 0. The van der Waals surface area contributed by atoms with E-state index < -0.39 is 0 Å². The van der Waals surface area contributed by atoms with Gasteiger partial charge in [-0.1, -0.05) is 29.3 Å². The maximum Gasteiger partial charge on any atom is 0.151 e. The van der Waals surface area contributed by atoms with Crippen LogP contribution in [0.5, 0.6) is 0 Å². The summed E-state index contributed by atoms with van der Waals surface area (Å²) in [5, 5.41) is 13.9. The molecule has 1 aromatic carbocycles. The van der Waals surface area contributed by atoms with Gasteiger partial charge in [-0.25, -0.2) is 4.98 Å². The van der Waals surface area contributed by atoms with E-state index >= 15 is 0 Å². The van der Waals surface area contributed by atoms with E-state index in [1.54, 1.807) is 6.20 Å². The second-order valence-corrected chi connectivity index (χ2v) is 8.41. The molecular weight excluding hydrogens is 393 g/mol. The lowest BCUT2D eigenvalue weighted by Crippen LogP contribution is -2.17. The third-order valence-corrected chi connectivity index (χ3v) is 6.51. The molecule has 3 aromatic rings. The van der Waals surface area contributed by atoms with E-state index in [-0.39, 0.29) is 0 Å². The second kappa shape index (κ2) is 7.47. The number of fused-ring (bicyclic) bond motifs is 3. The van der Waals surface area contributed by atoms with Gasteiger partial charge >= 0.3 is 0 Å². The molecule has 0 radical (unpaired) electrons. The fourth-order valence-corrected chi connectivity index (χ4v) is 5.03. The van der Waals surface area contributed by atoms with Gasteiger partial charge in [0.05, 0.1) is 12.2 Å². The number of hydrogen-bond donors (Lipinski definition) is 1. The molecule has 0 amide bonds. The van der Waals surface area contributed by atoms with Crippen LogP contribution in [-0.2, 0) is 13.1 Å². The average Bonchev–Trinajstić information content (AvgIpc) is 3.04. The molecule has 0 spiro atoms. The molecule has 7 heteroatoms. The molecule has 5 nitrogen and oxygen atoms in total. The third kappa shape index (κ3) is 3.21. The molecular formula is C21H21Cl2N5. The molecule has 28 heavy (non-hydrogen) atoms. The number of aromatic nitrogens is 4. The number of nitrogens with zero attached hydrogens (tertiary/aromatic N) is 4. The van der Waals surface area contributed by atoms with Gasteiger partial charge in [-0.05, 0) is 67.0 Å². The van der Waals surface area contributed by atoms with Crippen molar-refractivity contribution in [1.82, 2.24) is 25.1 Å². The van der Waals surface area contributed by atoms with Crippen LogP contribution in [-0.4, -0.2) is 19.7 Å². The molecule has 144 valence electrons. The Morgan fingerprint density at radius 1 is 0.964 bits per heavy atom. The van der Waals surface area contributed by atoms with E-state index in [1.807, 2.05) is 18.2 Å². The molecule has 1 aliphatic carbocycles. The number of benzene rings is 1. The van der Waals surface area contributed by atoms with E-state index in [9.17, 15) is 0 Å². The number of nitrogens with one attached hydrogen (secondary N) is 1. The summed E-state index contributed by atoms with van der Waals surface area (Å²) in [5.74, 6) is 2.90. The predicted octanol–water partition coefficient (Wildman–Crippen LogP) is 5.01. The minimum atomic E-state index is 0.398. The SMILES string of the molecule is Clc1ccc2c(c1)CNCc1nnc(C3CCC(c4cccnc4Cl)CC3)n1-2. The molecule has 1 fully saturated rings. The standard InChI is InChI=1S/C21H21Cl2N5/c22-16-7-8-18-15(10-16)11-24-12-19-26-27-21(28(18)19)14-5-3-13(4-6-14)17-2-1-9-25-20(17)23/h1-2,7-10,13-14,24H,3-6,11-12H2. The van der Waals surface area contributed by atoms with Gasteiger partial charge in [0.2, 0.25) is 0 Å². The Labute approximate surface area is 174 Å². The Kier molecular flexibility index (Phi) is 4.83. The van der Waals surface area contributed by atoms with Crippen molar-refractivity contribution in [2.45, 2.75) is 50.6 Å². The van der Waals surface area contributed by atoms with Crippen LogP contribution in [0.1, 0.15) is 60.3 Å². The van der Waals surface area contributed by atoms with Crippen molar-refractivity contribution >= 4 is 23.2 Å². The first kappa shape index (κ1) is 18.1. The quantitative estimate of drug-likeness (QED) is 0.599. The molecule has 1 saturated carbocycles. The van der Waals surface area contributed by atoms with Crippen molar-refractivity contribution in [3.63, 3.8) is 0 Å². The van der Waals surface area contributed by atoms with E-state index in [1.165, 1.54) is 11.1 Å². The summed E-state index contributed by atoms with van der Waals surface area (Å²) in [6, 6.07) is 10.1. The Bertz CT molecular complexity index is 1010. The molecule has 5 rings (SSSR count). The first-order valence-electron chi connectivity index (χ1n) is 9.75. The van der Waals surface area contributed by atoms with Gasteiger partial charge in [0.1, 0.15) is 11.0 Å². The van der Waals surface area contributed by atoms with Gasteiger partial charge in [0, 0.05) is 23.7 Å². The van der Waals surface area contributed by atoms with Gasteiger partial charge < -0.3 is 5.32 Å². The first-order chi connectivity index (χ1) is 13.7. The van der Waals surface area contributed by atoms with E-state index in [0.29, 0.717) is 23.5 Å². The minimum absolute atomic E-state index is 0.398. The van der Waals surface area contributed by atoms with Crippen LogP contribution < -0.4 is 5.32 Å². The molecule has 2 aliphatic rings. The monoisotopic (exact) mass is 413 g/mol. The summed E-state index contributed by atoms with van der Waals surface area (Å²) in [6.07, 6.45) is 6.07. The van der Waals surface area contributed by atoms with Gasteiger partial charge in [-0.15, -0.1) is 10.2 Å². The molecule has 0 atom stereocenters. The highest BCUT2D eigenvalue weighted by Crippen LogP contribution is 2.42. The number of hydrogen-bond acceptors (Lipinski definition) is 4. The van der Waals surface area contributed by atoms with E-state index in [0.717, 1.165) is 54.6 Å². The molecule has 1 aliphatic heterocycles. The third-order valence-electron chi connectivity index (χ3n) is 5.96. The lowest BCUT2D eigenvalue weighted by Gasteiger charge is -2.29. The van der Waals surface area contributed by atoms with E-state index in [4.69, 9.17) is 23.2 Å². The fraction of sp³-hybridized carbons (Fsp3) is 0.381. The Morgan fingerprint density at radius 2 is 1.79 bits per heavy atom. The zero-order valence-electron chi connectivity index (χ0n) is 15.4. The highest BCUT2D eigenvalue weighted by Gasteiger charge is 2.30. The van der Waals surface area contributed by atoms with Crippen LogP contribution in [0, 0.1) is 0 Å². The summed E-state index contributed by atoms with van der Waals surface area (Å²) < 4.78 is 2.24. The summed E-state index contributed by atoms with van der Waals surface area (Å²) in [4.78, 5) is 4.24. The Balaban J connectivity index is 1.43. The summed E-state index contributed by atoms with van der Waals surface area (Å²) in [6.45, 7) is 1.49. The van der Waals surface area contributed by atoms with Crippen LogP contribution >= 0.6 is 23.2 Å². The highest BCUT2D eigenvalue weighted by molar-refractivity contribution is 6.30. The topological polar surface area (TPSA) is 55.6 Å². The average molecular weight is 414 g/mol. The van der Waals surface area contributed by atoms with Gasteiger partial charge in [-0.2, -0.15) is 0 Å². The molecule has 1 N–H and O–H groups in total. The van der Waals surface area contributed by atoms with Crippen molar-refractivity contribution < 1.29 is 0 Å².